The van der Waals surface area contributed by atoms with Gasteiger partial charge in [0.05, 0.1) is 33.6 Å². The molecule has 0 saturated carbocycles. The summed E-state index contributed by atoms with van der Waals surface area (Å²) in [7, 11) is -5.13. The van der Waals surface area contributed by atoms with Crippen molar-refractivity contribution in [1.82, 2.24) is 9.13 Å². The molecule has 562 valence electrons. The van der Waals surface area contributed by atoms with Crippen LogP contribution in [0.3, 0.4) is 0 Å². The first-order chi connectivity index (χ1) is 57.9. The number of rotatable bonds is 7. The third-order valence-corrected chi connectivity index (χ3v) is 34.1. The van der Waals surface area contributed by atoms with E-state index in [9.17, 15) is 0 Å². The Hall–Kier alpha value is -12.3. The molecule has 7 nitrogen and oxygen atoms in total. The van der Waals surface area contributed by atoms with E-state index in [1.807, 2.05) is 36.4 Å². The van der Waals surface area contributed by atoms with Crippen LogP contribution in [0.4, 0.5) is 0 Å². The van der Waals surface area contributed by atoms with Gasteiger partial charge >= 0.3 is 37.7 Å². The summed E-state index contributed by atoms with van der Waals surface area (Å²) in [6.45, 7) is 5.72. The van der Waals surface area contributed by atoms with Gasteiger partial charge in [-0.2, -0.15) is 11.6 Å². The van der Waals surface area contributed by atoms with Crippen LogP contribution in [0.2, 0.25) is 0 Å². The Morgan fingerprint density at radius 3 is 1.13 bits per heavy atom. The van der Waals surface area contributed by atoms with Crippen LogP contribution < -0.4 is 104 Å². The molecule has 0 aliphatic carbocycles. The molecule has 0 atom stereocenters. The van der Waals surface area contributed by atoms with E-state index in [0.29, 0.717) is 0 Å². The van der Waals surface area contributed by atoms with Crippen molar-refractivity contribution in [3.05, 3.63) is 418 Å². The second kappa shape index (κ2) is 33.9. The van der Waals surface area contributed by atoms with Crippen LogP contribution in [0.25, 0.3) is 98.9 Å². The predicted octanol–water partition coefficient (Wildman–Crippen LogP) is 15.6. The van der Waals surface area contributed by atoms with E-state index in [0.717, 1.165) is 101 Å². The largest absolute Gasteiger partial charge is 1.00 e. The number of benzene rings is 17. The minimum atomic E-state index is -2.77. The Labute approximate surface area is 728 Å². The SMILES string of the molecule is Brc1ccc2oc3ccc(-n4c5ccccc5c5ccccc54)cc3c2c1.[CH2-]CCC.[Li+].[Li+].c1ccc([Si-]2c3ccccc3Oc3ccccc32)cc1.c1ccc([SiH]2c3ccccc3Oc3ccccc32)cc1.c1ccc([Si]2(c3ccc4oc5ccc(-n6c7ccccc7c7ccccc76)cc5c4c3)c3ccccc3Oc3ccccc32)cc1. The molecule has 7 heterocycles. The zero-order valence-corrected chi connectivity index (χ0v) is 70.9. The van der Waals surface area contributed by atoms with E-state index < -0.39 is 25.7 Å². The second-order valence-electron chi connectivity index (χ2n) is 29.6. The predicted molar refractivity (Wildman–Crippen MR) is 497 cm³/mol. The fourth-order valence-corrected chi connectivity index (χ4v) is 28.7. The fraction of sp³-hybridized carbons (Fsp3) is 0.0283. The van der Waals surface area contributed by atoms with Gasteiger partial charge in [-0.15, -0.1) is 10.4 Å². The molecule has 13 heteroatoms. The Morgan fingerprint density at radius 1 is 0.319 bits per heavy atom. The maximum Gasteiger partial charge on any atom is 1.00 e. The van der Waals surface area contributed by atoms with Crippen molar-refractivity contribution < 1.29 is 60.8 Å². The number of hydrogen-bond donors (Lipinski definition) is 0. The molecule has 0 radical (unpaired) electrons. The van der Waals surface area contributed by atoms with Crippen LogP contribution in [0.5, 0.6) is 34.5 Å². The fourth-order valence-electron chi connectivity index (χ4n) is 17.5. The van der Waals surface area contributed by atoms with Crippen molar-refractivity contribution >= 4 is 181 Å². The number of ether oxygens (including phenoxy) is 3. The van der Waals surface area contributed by atoms with Crippen LogP contribution in [-0.4, -0.2) is 34.8 Å². The standard InChI is InChI=1S/C42H27NO2Si.C24H14BrNO.C18H14OSi.C18H13OSi.C4H9.2Li/c1-2-12-29(13-3-1)46(41-20-10-8-18-39(41)45-40-19-9-11-21-42(40)46)30-23-25-38-34(27-30)33-26-28(22-24-37(33)44-38)43-35-16-6-4-14-31(35)32-15-5-7-17-36(32)43;25-15-9-11-23-19(13-15)20-14-16(10-12-24(20)27-23)26-21-7-3-1-5-17(21)18-6-2-4-8-22(18)26;2*1-2-8-14(9-3-1)20-17-12-6-4-10-15(17)19-16-11-5-7-13-18(16)20;1-3-4-2;;/h1-27H;1-14H;1-13,20H;1-13H;1,3-4H2,2H3;;/q;;;2*-1;2*+1. The molecule has 24 rings (SSSR count). The summed E-state index contributed by atoms with van der Waals surface area (Å²) in [5, 5.41) is 23.0. The minimum absolute atomic E-state index is 0. The molecule has 0 amide bonds. The number of unbranched alkanes of at least 4 members (excludes halogenated alkanes) is 1. The normalized spacial score (nSPS) is 12.5. The summed E-state index contributed by atoms with van der Waals surface area (Å²) in [5.74, 6) is 5.91. The molecular formula is C106H77BrLi2N2O5Si3. The average molecular weight is 1640 g/mol. The monoisotopic (exact) mass is 1630 g/mol. The van der Waals surface area contributed by atoms with Crippen molar-refractivity contribution in [1.29, 1.82) is 0 Å². The molecule has 0 bridgehead atoms. The number of nitrogens with zero attached hydrogens (tertiary/aromatic N) is 2. The van der Waals surface area contributed by atoms with Gasteiger partial charge in [-0.25, -0.2) is 8.80 Å². The molecule has 0 fully saturated rings. The molecule has 0 unspecified atom stereocenters. The summed E-state index contributed by atoms with van der Waals surface area (Å²) >= 11 is 3.58. The van der Waals surface area contributed by atoms with E-state index in [1.165, 1.54) is 102 Å². The number of aromatic nitrogens is 2. The van der Waals surface area contributed by atoms with E-state index in [2.05, 4.69) is 409 Å². The van der Waals surface area contributed by atoms with Gasteiger partial charge in [-0.3, -0.25) is 0 Å². The van der Waals surface area contributed by atoms with E-state index in [-0.39, 0.29) is 37.7 Å². The molecular weight excluding hydrogens is 1560 g/mol. The number of para-hydroxylation sites is 10. The van der Waals surface area contributed by atoms with Gasteiger partial charge in [0.2, 0.25) is 0 Å². The quantitative estimate of drug-likeness (QED) is 0.118. The zero-order valence-electron chi connectivity index (χ0n) is 66.2. The summed E-state index contributed by atoms with van der Waals surface area (Å²) in [6.07, 6.45) is 2.28. The molecule has 0 saturated heterocycles. The van der Waals surface area contributed by atoms with Gasteiger partial charge in [-0.1, -0.05) is 320 Å². The topological polar surface area (TPSA) is 63.8 Å². The van der Waals surface area contributed by atoms with Crippen molar-refractivity contribution in [2.24, 2.45) is 0 Å². The second-order valence-corrected chi connectivity index (χ2v) is 39.4. The van der Waals surface area contributed by atoms with E-state index in [4.69, 9.17) is 23.0 Å². The zero-order chi connectivity index (χ0) is 78.3. The Balaban J connectivity index is 0.000000114. The first kappa shape index (κ1) is 77.9. The minimum Gasteiger partial charge on any atom is -0.463 e. The molecule has 0 N–H and O–H groups in total. The molecule has 17 aromatic carbocycles. The van der Waals surface area contributed by atoms with Gasteiger partial charge in [-0.05, 0) is 152 Å². The van der Waals surface area contributed by atoms with Gasteiger partial charge in [0.1, 0.15) is 54.1 Å². The summed E-state index contributed by atoms with van der Waals surface area (Å²) < 4.78 is 37.0. The molecule has 0 spiro atoms. The first-order valence-corrected chi connectivity index (χ1v) is 45.9. The van der Waals surface area contributed by atoms with E-state index in [1.54, 1.807) is 0 Å². The van der Waals surface area contributed by atoms with E-state index >= 15 is 0 Å². The first-order valence-electron chi connectivity index (χ1n) is 39.9. The molecule has 4 aromatic heterocycles. The van der Waals surface area contributed by atoms with Gasteiger partial charge in [0.25, 0.3) is 0 Å². The summed E-state index contributed by atoms with van der Waals surface area (Å²) in [6, 6.07) is 144. The van der Waals surface area contributed by atoms with Crippen LogP contribution in [0.1, 0.15) is 19.8 Å². The number of fused-ring (bicyclic) bond motifs is 18. The summed E-state index contributed by atoms with van der Waals surface area (Å²) in [4.78, 5) is 0. The summed E-state index contributed by atoms with van der Waals surface area (Å²) in [5.41, 5.74) is 10.7. The van der Waals surface area contributed by atoms with Crippen LogP contribution in [0.15, 0.2) is 420 Å². The van der Waals surface area contributed by atoms with Crippen LogP contribution >= 0.6 is 15.9 Å². The maximum absolute atomic E-state index is 6.56. The van der Waals surface area contributed by atoms with Crippen molar-refractivity contribution in [3.63, 3.8) is 0 Å². The Kier molecular flexibility index (Phi) is 22.2. The van der Waals surface area contributed by atoms with Crippen LogP contribution in [0, 0.1) is 6.92 Å². The molecule has 3 aliphatic rings. The van der Waals surface area contributed by atoms with Gasteiger partial charge in [0, 0.05) is 58.9 Å². The number of furan rings is 2. The average Bonchev–Trinajstić information content (AvgIpc) is 0.930. The van der Waals surface area contributed by atoms with Crippen molar-refractivity contribution in [2.75, 3.05) is 0 Å². The number of hydrogen-bond acceptors (Lipinski definition) is 5. The maximum atomic E-state index is 6.56. The smallest absolute Gasteiger partial charge is 0.463 e. The molecule has 3 aliphatic heterocycles. The number of halogens is 1. The van der Waals surface area contributed by atoms with Crippen LogP contribution in [-0.2, 0) is 0 Å². The molecule has 21 aromatic rings. The van der Waals surface area contributed by atoms with Gasteiger partial charge in [0.15, 0.2) is 8.07 Å². The Bertz CT molecular complexity index is 6910. The van der Waals surface area contributed by atoms with Crippen molar-refractivity contribution in [2.45, 2.75) is 19.8 Å². The molecule has 119 heavy (non-hydrogen) atoms. The third kappa shape index (κ3) is 14.2. The Morgan fingerprint density at radius 2 is 0.664 bits per heavy atom. The van der Waals surface area contributed by atoms with Gasteiger partial charge < -0.3 is 39.1 Å². The van der Waals surface area contributed by atoms with Crippen molar-refractivity contribution in [3.8, 4) is 45.9 Å². The third-order valence-electron chi connectivity index (χ3n) is 22.7.